The number of amides is 2. The smallest absolute Gasteiger partial charge is 0.234 e. The van der Waals surface area contributed by atoms with Gasteiger partial charge in [-0.1, -0.05) is 189 Å². The first kappa shape index (κ1) is 40.6. The van der Waals surface area contributed by atoms with Gasteiger partial charge in [0, 0.05) is 31.1 Å². The molecule has 0 aromatic heterocycles. The van der Waals surface area contributed by atoms with Gasteiger partial charge in [0.1, 0.15) is 0 Å². The Morgan fingerprint density at radius 2 is 0.732 bits per heavy atom. The van der Waals surface area contributed by atoms with Crippen molar-refractivity contribution in [1.29, 1.82) is 0 Å². The fourth-order valence-electron chi connectivity index (χ4n) is 7.26. The molecule has 0 radical (unpaired) electrons. The molecule has 0 aliphatic heterocycles. The first-order valence-electron chi connectivity index (χ1n) is 19.4. The van der Waals surface area contributed by atoms with Crippen LogP contribution in [0.3, 0.4) is 0 Å². The van der Waals surface area contributed by atoms with Crippen LogP contribution in [0.1, 0.15) is 46.7 Å². The first-order chi connectivity index (χ1) is 27.6. The van der Waals surface area contributed by atoms with Crippen molar-refractivity contribution in [3.63, 3.8) is 0 Å². The molecule has 0 atom stereocenters. The van der Waals surface area contributed by atoms with Gasteiger partial charge < -0.3 is 10.6 Å². The molecule has 0 fully saturated rings. The Bertz CT molecular complexity index is 1860. The van der Waals surface area contributed by atoms with E-state index in [9.17, 15) is 9.59 Å². The zero-order valence-corrected chi connectivity index (χ0v) is 33.7. The summed E-state index contributed by atoms with van der Waals surface area (Å²) in [7, 11) is 0. The number of hydrogen-bond donors (Lipinski definition) is 2. The lowest BCUT2D eigenvalue weighted by Gasteiger charge is -2.36. The zero-order valence-electron chi connectivity index (χ0n) is 32.1. The highest BCUT2D eigenvalue weighted by molar-refractivity contribution is 8.00. The van der Waals surface area contributed by atoms with Crippen LogP contribution < -0.4 is 10.6 Å². The number of carbonyl (C=O) groups is 2. The molecule has 2 N–H and O–H groups in total. The number of benzene rings is 6. The lowest BCUT2D eigenvalue weighted by molar-refractivity contribution is -0.124. The Labute approximate surface area is 341 Å². The largest absolute Gasteiger partial charge is 0.355 e. The van der Waals surface area contributed by atoms with E-state index in [1.54, 1.807) is 0 Å². The van der Waals surface area contributed by atoms with E-state index in [0.717, 1.165) is 6.42 Å². The van der Waals surface area contributed by atoms with Gasteiger partial charge in [-0.25, -0.2) is 0 Å². The summed E-state index contributed by atoms with van der Waals surface area (Å²) in [5.41, 5.74) is 7.11. The maximum Gasteiger partial charge on any atom is 0.234 e. The van der Waals surface area contributed by atoms with E-state index in [4.69, 9.17) is 0 Å². The molecule has 0 bridgehead atoms. The predicted molar refractivity (Wildman–Crippen MR) is 236 cm³/mol. The van der Waals surface area contributed by atoms with Crippen molar-refractivity contribution < 1.29 is 9.59 Å². The zero-order chi connectivity index (χ0) is 38.9. The van der Waals surface area contributed by atoms with Crippen molar-refractivity contribution in [3.05, 3.63) is 215 Å². The van der Waals surface area contributed by atoms with Crippen LogP contribution >= 0.6 is 23.5 Å². The minimum Gasteiger partial charge on any atom is -0.355 e. The number of nitrogens with zero attached hydrogens (tertiary/aromatic N) is 1. The second-order valence-electron chi connectivity index (χ2n) is 13.7. The molecule has 0 saturated heterocycles. The van der Waals surface area contributed by atoms with Crippen molar-refractivity contribution in [2.45, 2.75) is 22.8 Å². The van der Waals surface area contributed by atoms with Crippen molar-refractivity contribution in [3.8, 4) is 0 Å². The summed E-state index contributed by atoms with van der Waals surface area (Å²) in [5, 5.41) is 6.21. The maximum atomic E-state index is 13.7. The third-order valence-electron chi connectivity index (χ3n) is 9.86. The molecule has 6 aromatic rings. The van der Waals surface area contributed by atoms with E-state index < -0.39 is 9.49 Å². The molecule has 286 valence electrons. The van der Waals surface area contributed by atoms with Gasteiger partial charge in [-0.15, -0.1) is 23.5 Å². The number of thioether (sulfide) groups is 2. The fraction of sp³-hybridized carbons (Fsp3) is 0.224. The van der Waals surface area contributed by atoms with Crippen LogP contribution in [0.15, 0.2) is 182 Å². The molecule has 0 spiro atoms. The van der Waals surface area contributed by atoms with Gasteiger partial charge in [-0.05, 0) is 39.8 Å². The molecule has 0 saturated carbocycles. The maximum absolute atomic E-state index is 13.7. The van der Waals surface area contributed by atoms with Gasteiger partial charge in [0.2, 0.25) is 11.8 Å². The molecule has 0 aliphatic carbocycles. The average molecular weight is 778 g/mol. The van der Waals surface area contributed by atoms with Crippen LogP contribution in [0.25, 0.3) is 0 Å². The fourth-order valence-corrected chi connectivity index (χ4v) is 10.2. The molecule has 5 nitrogen and oxygen atoms in total. The van der Waals surface area contributed by atoms with E-state index >= 15 is 0 Å². The van der Waals surface area contributed by atoms with Crippen LogP contribution in [0.4, 0.5) is 0 Å². The van der Waals surface area contributed by atoms with Crippen LogP contribution in [0.2, 0.25) is 0 Å². The molecule has 6 aromatic carbocycles. The summed E-state index contributed by atoms with van der Waals surface area (Å²) < 4.78 is -0.944. The van der Waals surface area contributed by atoms with E-state index in [0.29, 0.717) is 31.1 Å². The van der Waals surface area contributed by atoms with Crippen molar-refractivity contribution >= 4 is 35.3 Å². The quantitative estimate of drug-likeness (QED) is 0.0598. The highest BCUT2D eigenvalue weighted by Gasteiger charge is 2.38. The highest BCUT2D eigenvalue weighted by atomic mass is 32.2. The summed E-state index contributed by atoms with van der Waals surface area (Å²) in [5.74, 6) is 1.21. The van der Waals surface area contributed by atoms with E-state index in [1.807, 2.05) is 71.7 Å². The minimum atomic E-state index is -0.484. The van der Waals surface area contributed by atoms with Gasteiger partial charge in [0.05, 0.1) is 22.6 Å². The summed E-state index contributed by atoms with van der Waals surface area (Å²) >= 11 is 3.66. The standard InChI is InChI=1S/C49H51N3O2S2/c1-2-33-50-46(53)38-52(35-37-56-49(43-27-15-6-16-28-43,44-29-17-7-18-30-44)45-31-19-8-20-32-45)39-47(54)51-34-36-55-48(40-21-9-3-10-22-40,41-23-11-4-12-24-41)42-25-13-5-14-26-42/h3-32H,2,33-39H2,1H3,(H,50,53)(H,51,54). The number of rotatable bonds is 20. The summed E-state index contributed by atoms with van der Waals surface area (Å²) in [6.07, 6.45) is 0.851. The van der Waals surface area contributed by atoms with Crippen LogP contribution in [-0.4, -0.2) is 60.9 Å². The molecule has 0 heterocycles. The SMILES string of the molecule is CCCNC(=O)CN(CCSC(c1ccccc1)(c1ccccc1)c1ccccc1)CC(=O)NCCSC(c1ccccc1)(c1ccccc1)c1ccccc1. The van der Waals surface area contributed by atoms with Crippen molar-refractivity contribution in [1.82, 2.24) is 15.5 Å². The minimum absolute atomic E-state index is 0.0704. The van der Waals surface area contributed by atoms with Gasteiger partial charge >= 0.3 is 0 Å². The van der Waals surface area contributed by atoms with Crippen LogP contribution in [-0.2, 0) is 19.1 Å². The Hall–Kier alpha value is -5.08. The Morgan fingerprint density at radius 1 is 0.446 bits per heavy atom. The van der Waals surface area contributed by atoms with Gasteiger partial charge in [0.25, 0.3) is 0 Å². The molecule has 2 amide bonds. The summed E-state index contributed by atoms with van der Waals surface area (Å²) in [4.78, 5) is 28.8. The predicted octanol–water partition coefficient (Wildman–Crippen LogP) is 9.38. The molecule has 6 rings (SSSR count). The van der Waals surface area contributed by atoms with Gasteiger partial charge in [-0.3, -0.25) is 14.5 Å². The third kappa shape index (κ3) is 10.0. The van der Waals surface area contributed by atoms with Crippen molar-refractivity contribution in [2.75, 3.05) is 44.2 Å². The monoisotopic (exact) mass is 777 g/mol. The number of nitrogens with one attached hydrogen (secondary N) is 2. The van der Waals surface area contributed by atoms with E-state index in [1.165, 1.54) is 33.4 Å². The summed E-state index contributed by atoms with van der Waals surface area (Å²) in [6, 6.07) is 63.6. The third-order valence-corrected chi connectivity index (χ3v) is 12.9. The Morgan fingerprint density at radius 3 is 1.04 bits per heavy atom. The van der Waals surface area contributed by atoms with Gasteiger partial charge in [-0.2, -0.15) is 0 Å². The molecular formula is C49H51N3O2S2. The lowest BCUT2D eigenvalue weighted by Crippen LogP contribution is -2.44. The Kier molecular flexibility index (Phi) is 15.0. The Balaban J connectivity index is 1.18. The number of hydrogen-bond acceptors (Lipinski definition) is 5. The molecule has 0 unspecified atom stereocenters. The molecular weight excluding hydrogens is 727 g/mol. The topological polar surface area (TPSA) is 61.4 Å². The number of carbonyl (C=O) groups excluding carboxylic acids is 2. The summed E-state index contributed by atoms with van der Waals surface area (Å²) in [6.45, 7) is 3.97. The van der Waals surface area contributed by atoms with E-state index in [2.05, 4.69) is 156 Å². The molecule has 7 heteroatoms. The second kappa shape index (κ2) is 20.7. The average Bonchev–Trinajstić information content (AvgIpc) is 3.26. The lowest BCUT2D eigenvalue weighted by atomic mass is 9.84. The van der Waals surface area contributed by atoms with Gasteiger partial charge in [0.15, 0.2) is 0 Å². The molecule has 56 heavy (non-hydrogen) atoms. The van der Waals surface area contributed by atoms with Crippen LogP contribution in [0.5, 0.6) is 0 Å². The first-order valence-corrected chi connectivity index (χ1v) is 21.4. The normalized spacial score (nSPS) is 11.6. The van der Waals surface area contributed by atoms with E-state index in [-0.39, 0.29) is 24.9 Å². The second-order valence-corrected chi connectivity index (χ2v) is 16.3. The molecule has 0 aliphatic rings. The van der Waals surface area contributed by atoms with Crippen molar-refractivity contribution in [2.24, 2.45) is 0 Å². The van der Waals surface area contributed by atoms with Crippen LogP contribution in [0, 0.1) is 0 Å². The highest BCUT2D eigenvalue weighted by Crippen LogP contribution is 2.49.